The van der Waals surface area contributed by atoms with E-state index in [4.69, 9.17) is 0 Å². The van der Waals surface area contributed by atoms with Crippen LogP contribution in [0.15, 0.2) is 54.9 Å². The van der Waals surface area contributed by atoms with Crippen molar-refractivity contribution in [3.63, 3.8) is 0 Å². The number of nitrogens with one attached hydrogen (secondary N) is 2. The van der Waals surface area contributed by atoms with E-state index in [-0.39, 0.29) is 5.91 Å². The number of nitrogens with zero attached hydrogens (tertiary/aromatic N) is 1. The molecule has 2 heterocycles. The zero-order valence-corrected chi connectivity index (χ0v) is 13.9. The van der Waals surface area contributed by atoms with Crippen molar-refractivity contribution >= 4 is 5.91 Å². The Morgan fingerprint density at radius 1 is 1.15 bits per heavy atom. The smallest absolute Gasteiger partial charge is 0.354 e. The third kappa shape index (κ3) is 3.61. The monoisotopic (exact) mass is 359 g/mol. The summed E-state index contributed by atoms with van der Waals surface area (Å²) in [7, 11) is 0. The first-order chi connectivity index (χ1) is 12.4. The van der Waals surface area contributed by atoms with E-state index in [0.29, 0.717) is 34.6 Å². The number of aromatic nitrogens is 2. The van der Waals surface area contributed by atoms with Crippen LogP contribution < -0.4 is 5.32 Å². The fourth-order valence-electron chi connectivity index (χ4n) is 2.62. The molecule has 2 N–H and O–H groups in total. The Hall–Kier alpha value is -3.09. The Labute approximate surface area is 148 Å². The van der Waals surface area contributed by atoms with Crippen molar-refractivity contribution in [3.05, 3.63) is 66.0 Å². The lowest BCUT2D eigenvalue weighted by molar-refractivity contribution is -0.137. The number of aromatic amines is 1. The molecule has 2 aromatic heterocycles. The Morgan fingerprint density at radius 3 is 2.46 bits per heavy atom. The van der Waals surface area contributed by atoms with Crippen molar-refractivity contribution in [2.45, 2.75) is 13.1 Å². The fourth-order valence-corrected chi connectivity index (χ4v) is 2.62. The minimum atomic E-state index is -4.39. The molecule has 1 amide bonds. The van der Waals surface area contributed by atoms with Crippen LogP contribution >= 0.6 is 0 Å². The second-order valence-electron chi connectivity index (χ2n) is 5.65. The van der Waals surface area contributed by atoms with Crippen LogP contribution in [0.3, 0.4) is 0 Å². The van der Waals surface area contributed by atoms with Crippen LogP contribution in [0.4, 0.5) is 13.2 Å². The number of hydrogen-bond acceptors (Lipinski definition) is 2. The first-order valence-corrected chi connectivity index (χ1v) is 7.99. The van der Waals surface area contributed by atoms with Gasteiger partial charge in [-0.05, 0) is 42.8 Å². The van der Waals surface area contributed by atoms with Crippen LogP contribution in [0.25, 0.3) is 22.5 Å². The number of rotatable bonds is 4. The largest absolute Gasteiger partial charge is 0.416 e. The molecule has 3 aromatic rings. The summed E-state index contributed by atoms with van der Waals surface area (Å²) in [5.41, 5.74) is 2.09. The van der Waals surface area contributed by atoms with E-state index in [1.807, 2.05) is 6.92 Å². The minimum absolute atomic E-state index is 0.263. The molecule has 0 radical (unpaired) electrons. The SMILES string of the molecule is CCNC(=O)c1cc(-c2ccc(C(F)(F)F)cc2)[nH]c1-c1cccnc1. The Bertz CT molecular complexity index is 900. The van der Waals surface area contributed by atoms with Crippen molar-refractivity contribution in [1.29, 1.82) is 0 Å². The second-order valence-corrected chi connectivity index (χ2v) is 5.65. The second kappa shape index (κ2) is 7.03. The van der Waals surface area contributed by atoms with Crippen molar-refractivity contribution < 1.29 is 18.0 Å². The van der Waals surface area contributed by atoms with Gasteiger partial charge in [-0.1, -0.05) is 12.1 Å². The van der Waals surface area contributed by atoms with Gasteiger partial charge in [0.05, 0.1) is 16.8 Å². The van der Waals surface area contributed by atoms with E-state index in [9.17, 15) is 18.0 Å². The van der Waals surface area contributed by atoms with Crippen molar-refractivity contribution in [2.24, 2.45) is 0 Å². The summed E-state index contributed by atoms with van der Waals surface area (Å²) in [6, 6.07) is 9.98. The summed E-state index contributed by atoms with van der Waals surface area (Å²) in [6.07, 6.45) is -1.15. The predicted octanol–water partition coefficient (Wildman–Crippen LogP) is 4.51. The lowest BCUT2D eigenvalue weighted by atomic mass is 10.1. The predicted molar refractivity (Wildman–Crippen MR) is 92.5 cm³/mol. The summed E-state index contributed by atoms with van der Waals surface area (Å²) in [5, 5.41) is 2.74. The molecule has 0 unspecified atom stereocenters. The molecule has 26 heavy (non-hydrogen) atoms. The van der Waals surface area contributed by atoms with Crippen molar-refractivity contribution in [3.8, 4) is 22.5 Å². The molecule has 0 saturated carbocycles. The molecular weight excluding hydrogens is 343 g/mol. The number of carbonyl (C=O) groups excluding carboxylic acids is 1. The van der Waals surface area contributed by atoms with Gasteiger partial charge in [-0.3, -0.25) is 9.78 Å². The highest BCUT2D eigenvalue weighted by Gasteiger charge is 2.30. The summed E-state index contributed by atoms with van der Waals surface area (Å²) in [6.45, 7) is 2.27. The van der Waals surface area contributed by atoms with E-state index in [1.54, 1.807) is 30.6 Å². The average molecular weight is 359 g/mol. The molecule has 0 aliphatic heterocycles. The topological polar surface area (TPSA) is 57.8 Å². The summed E-state index contributed by atoms with van der Waals surface area (Å²) in [4.78, 5) is 19.5. The van der Waals surface area contributed by atoms with Gasteiger partial charge >= 0.3 is 6.18 Å². The number of benzene rings is 1. The van der Waals surface area contributed by atoms with Crippen LogP contribution in [-0.2, 0) is 6.18 Å². The van der Waals surface area contributed by atoms with Crippen LogP contribution in [0.2, 0.25) is 0 Å². The number of pyridine rings is 1. The molecule has 4 nitrogen and oxygen atoms in total. The van der Waals surface area contributed by atoms with E-state index in [2.05, 4.69) is 15.3 Å². The maximum absolute atomic E-state index is 12.7. The molecule has 1 aromatic carbocycles. The van der Waals surface area contributed by atoms with E-state index in [0.717, 1.165) is 12.1 Å². The highest BCUT2D eigenvalue weighted by Crippen LogP contribution is 2.32. The number of amides is 1. The lowest BCUT2D eigenvalue weighted by Crippen LogP contribution is -2.22. The molecule has 0 bridgehead atoms. The first kappa shape index (κ1) is 17.7. The van der Waals surface area contributed by atoms with E-state index < -0.39 is 11.7 Å². The van der Waals surface area contributed by atoms with Crippen LogP contribution in [-0.4, -0.2) is 22.4 Å². The van der Waals surface area contributed by atoms with Gasteiger partial charge in [0.1, 0.15) is 0 Å². The van der Waals surface area contributed by atoms with Crippen LogP contribution in [0, 0.1) is 0 Å². The zero-order chi connectivity index (χ0) is 18.7. The summed E-state index contributed by atoms with van der Waals surface area (Å²) in [5.74, 6) is -0.263. The minimum Gasteiger partial charge on any atom is -0.354 e. The quantitative estimate of drug-likeness (QED) is 0.720. The normalized spacial score (nSPS) is 11.4. The summed E-state index contributed by atoms with van der Waals surface area (Å²) >= 11 is 0. The Morgan fingerprint density at radius 2 is 1.88 bits per heavy atom. The van der Waals surface area contributed by atoms with Crippen molar-refractivity contribution in [2.75, 3.05) is 6.54 Å². The number of hydrogen-bond donors (Lipinski definition) is 2. The molecule has 134 valence electrons. The molecule has 0 aliphatic carbocycles. The van der Waals surface area contributed by atoms with Crippen LogP contribution in [0.5, 0.6) is 0 Å². The van der Waals surface area contributed by atoms with E-state index in [1.165, 1.54) is 12.1 Å². The van der Waals surface area contributed by atoms with Gasteiger partial charge in [-0.2, -0.15) is 13.2 Å². The maximum atomic E-state index is 12.7. The zero-order valence-electron chi connectivity index (χ0n) is 13.9. The lowest BCUT2D eigenvalue weighted by Gasteiger charge is -2.06. The van der Waals surface area contributed by atoms with Gasteiger partial charge in [-0.15, -0.1) is 0 Å². The third-order valence-electron chi connectivity index (χ3n) is 3.87. The fraction of sp³-hybridized carbons (Fsp3) is 0.158. The van der Waals surface area contributed by atoms with Gasteiger partial charge in [0.15, 0.2) is 0 Å². The molecule has 0 atom stereocenters. The molecule has 0 saturated heterocycles. The molecule has 7 heteroatoms. The Balaban J connectivity index is 2.05. The van der Waals surface area contributed by atoms with Crippen LogP contribution in [0.1, 0.15) is 22.8 Å². The molecule has 0 spiro atoms. The standard InChI is InChI=1S/C19H16F3N3O/c1-2-24-18(26)15-10-16(25-17(15)13-4-3-9-23-11-13)12-5-7-14(8-6-12)19(20,21)22/h3-11,25H,2H2,1H3,(H,24,26). The van der Waals surface area contributed by atoms with E-state index >= 15 is 0 Å². The van der Waals surface area contributed by atoms with Gasteiger partial charge in [0.25, 0.3) is 5.91 Å². The molecule has 0 fully saturated rings. The number of H-pyrrole nitrogens is 1. The molecule has 3 rings (SSSR count). The van der Waals surface area contributed by atoms with Gasteiger partial charge in [0, 0.05) is 30.2 Å². The molecular formula is C19H16F3N3O. The maximum Gasteiger partial charge on any atom is 0.416 e. The highest BCUT2D eigenvalue weighted by molar-refractivity contribution is 6.01. The first-order valence-electron chi connectivity index (χ1n) is 7.99. The Kier molecular flexibility index (Phi) is 4.79. The average Bonchev–Trinajstić information content (AvgIpc) is 3.07. The summed E-state index contributed by atoms with van der Waals surface area (Å²) < 4.78 is 38.2. The third-order valence-corrected chi connectivity index (χ3v) is 3.87. The molecule has 0 aliphatic rings. The van der Waals surface area contributed by atoms with Gasteiger partial charge in [0.2, 0.25) is 0 Å². The highest BCUT2D eigenvalue weighted by atomic mass is 19.4. The van der Waals surface area contributed by atoms with Crippen molar-refractivity contribution in [1.82, 2.24) is 15.3 Å². The number of carbonyl (C=O) groups is 1. The number of alkyl halides is 3. The van der Waals surface area contributed by atoms with Gasteiger partial charge < -0.3 is 10.3 Å². The van der Waals surface area contributed by atoms with Gasteiger partial charge in [-0.25, -0.2) is 0 Å². The number of halogens is 3.